The topological polar surface area (TPSA) is 21.3 Å². The summed E-state index contributed by atoms with van der Waals surface area (Å²) in [6.07, 6.45) is 3.41. The van der Waals surface area contributed by atoms with Crippen LogP contribution in [0.25, 0.3) is 10.1 Å². The molecule has 104 valence electrons. The molecule has 0 saturated heterocycles. The molecule has 1 aromatic heterocycles. The molecule has 3 heteroatoms. The molecule has 1 heterocycles. The van der Waals surface area contributed by atoms with E-state index in [2.05, 4.69) is 41.9 Å². The SMILES string of the molecule is CCNC(CCCOC)Cc1csc2ccccc12. The van der Waals surface area contributed by atoms with Gasteiger partial charge < -0.3 is 10.1 Å². The van der Waals surface area contributed by atoms with Crippen molar-refractivity contribution >= 4 is 21.4 Å². The zero-order valence-electron chi connectivity index (χ0n) is 11.8. The molecule has 0 radical (unpaired) electrons. The summed E-state index contributed by atoms with van der Waals surface area (Å²) in [5, 5.41) is 7.32. The molecule has 1 atom stereocenters. The Labute approximate surface area is 119 Å². The van der Waals surface area contributed by atoms with Gasteiger partial charge in [0.25, 0.3) is 0 Å². The molecular formula is C16H23NOS. The van der Waals surface area contributed by atoms with Gasteiger partial charge in [0.2, 0.25) is 0 Å². The first-order valence-electron chi connectivity index (χ1n) is 7.02. The van der Waals surface area contributed by atoms with Crippen molar-refractivity contribution in [1.29, 1.82) is 0 Å². The predicted molar refractivity (Wildman–Crippen MR) is 84.1 cm³/mol. The van der Waals surface area contributed by atoms with E-state index >= 15 is 0 Å². The minimum atomic E-state index is 0.554. The van der Waals surface area contributed by atoms with E-state index in [1.165, 1.54) is 22.1 Å². The lowest BCUT2D eigenvalue weighted by Crippen LogP contribution is -2.31. The van der Waals surface area contributed by atoms with Crippen molar-refractivity contribution in [3.8, 4) is 0 Å². The summed E-state index contributed by atoms with van der Waals surface area (Å²) in [7, 11) is 1.77. The smallest absolute Gasteiger partial charge is 0.0462 e. The first-order chi connectivity index (χ1) is 9.35. The number of methoxy groups -OCH3 is 1. The van der Waals surface area contributed by atoms with E-state index in [4.69, 9.17) is 4.74 Å². The Hall–Kier alpha value is -0.900. The van der Waals surface area contributed by atoms with Crippen LogP contribution >= 0.6 is 11.3 Å². The molecule has 0 saturated carbocycles. The number of hydrogen-bond acceptors (Lipinski definition) is 3. The average molecular weight is 277 g/mol. The molecule has 19 heavy (non-hydrogen) atoms. The molecule has 1 unspecified atom stereocenters. The lowest BCUT2D eigenvalue weighted by atomic mass is 10.0. The Morgan fingerprint density at radius 3 is 2.95 bits per heavy atom. The van der Waals surface area contributed by atoms with Crippen molar-refractivity contribution in [3.63, 3.8) is 0 Å². The monoisotopic (exact) mass is 277 g/mol. The first-order valence-corrected chi connectivity index (χ1v) is 7.90. The third kappa shape index (κ3) is 4.03. The molecule has 1 N–H and O–H groups in total. The molecule has 0 aliphatic carbocycles. The molecule has 0 amide bonds. The van der Waals surface area contributed by atoms with Gasteiger partial charge in [-0.1, -0.05) is 25.1 Å². The normalized spacial score (nSPS) is 12.9. The van der Waals surface area contributed by atoms with E-state index < -0.39 is 0 Å². The average Bonchev–Trinajstić information content (AvgIpc) is 2.83. The van der Waals surface area contributed by atoms with Crippen LogP contribution in [0.2, 0.25) is 0 Å². The van der Waals surface area contributed by atoms with Crippen molar-refractivity contribution in [2.24, 2.45) is 0 Å². The van der Waals surface area contributed by atoms with Gasteiger partial charge in [0.05, 0.1) is 0 Å². The van der Waals surface area contributed by atoms with Gasteiger partial charge in [0, 0.05) is 24.5 Å². The molecule has 0 aliphatic heterocycles. The number of fused-ring (bicyclic) bond motifs is 1. The van der Waals surface area contributed by atoms with Crippen LogP contribution in [-0.4, -0.2) is 26.3 Å². The van der Waals surface area contributed by atoms with Crippen LogP contribution in [0.15, 0.2) is 29.6 Å². The fraction of sp³-hybridized carbons (Fsp3) is 0.500. The second-order valence-corrected chi connectivity index (χ2v) is 5.76. The maximum atomic E-state index is 5.15. The maximum Gasteiger partial charge on any atom is 0.0462 e. The summed E-state index contributed by atoms with van der Waals surface area (Å²) in [4.78, 5) is 0. The van der Waals surface area contributed by atoms with Crippen molar-refractivity contribution in [2.45, 2.75) is 32.2 Å². The van der Waals surface area contributed by atoms with Crippen LogP contribution in [0.5, 0.6) is 0 Å². The summed E-state index contributed by atoms with van der Waals surface area (Å²) in [6.45, 7) is 4.06. The minimum Gasteiger partial charge on any atom is -0.385 e. The Kier molecular flexibility index (Phi) is 5.83. The summed E-state index contributed by atoms with van der Waals surface area (Å²) in [5.41, 5.74) is 1.48. The van der Waals surface area contributed by atoms with Crippen LogP contribution in [-0.2, 0) is 11.2 Å². The maximum absolute atomic E-state index is 5.15. The Balaban J connectivity index is 2.03. The predicted octanol–water partition coefficient (Wildman–Crippen LogP) is 3.85. The van der Waals surface area contributed by atoms with Gasteiger partial charge in [-0.05, 0) is 48.2 Å². The van der Waals surface area contributed by atoms with E-state index in [0.29, 0.717) is 6.04 Å². The second kappa shape index (κ2) is 7.63. The number of thiophene rings is 1. The molecule has 0 spiro atoms. The fourth-order valence-corrected chi connectivity index (χ4v) is 3.47. The molecule has 0 bridgehead atoms. The zero-order valence-corrected chi connectivity index (χ0v) is 12.6. The number of likely N-dealkylation sites (N-methyl/N-ethyl adjacent to an activating group) is 1. The van der Waals surface area contributed by atoms with E-state index in [0.717, 1.165) is 26.0 Å². The number of rotatable bonds is 8. The summed E-state index contributed by atoms with van der Waals surface area (Å²) in [5.74, 6) is 0. The second-order valence-electron chi connectivity index (χ2n) is 4.85. The third-order valence-electron chi connectivity index (χ3n) is 3.42. The third-order valence-corrected chi connectivity index (χ3v) is 4.43. The van der Waals surface area contributed by atoms with E-state index in [9.17, 15) is 0 Å². The number of hydrogen-bond donors (Lipinski definition) is 1. The van der Waals surface area contributed by atoms with Gasteiger partial charge >= 0.3 is 0 Å². The Morgan fingerprint density at radius 2 is 2.16 bits per heavy atom. The van der Waals surface area contributed by atoms with Gasteiger partial charge in [-0.25, -0.2) is 0 Å². The zero-order chi connectivity index (χ0) is 13.5. The molecular weight excluding hydrogens is 254 g/mol. The van der Waals surface area contributed by atoms with Crippen molar-refractivity contribution in [3.05, 3.63) is 35.2 Å². The van der Waals surface area contributed by atoms with Gasteiger partial charge in [-0.2, -0.15) is 0 Å². The van der Waals surface area contributed by atoms with Gasteiger partial charge in [-0.3, -0.25) is 0 Å². The highest BCUT2D eigenvalue weighted by Crippen LogP contribution is 2.27. The van der Waals surface area contributed by atoms with Gasteiger partial charge in [-0.15, -0.1) is 11.3 Å². The van der Waals surface area contributed by atoms with Crippen molar-refractivity contribution in [2.75, 3.05) is 20.3 Å². The van der Waals surface area contributed by atoms with Crippen LogP contribution in [0, 0.1) is 0 Å². The Morgan fingerprint density at radius 1 is 1.32 bits per heavy atom. The van der Waals surface area contributed by atoms with E-state index in [1.807, 2.05) is 11.3 Å². The summed E-state index contributed by atoms with van der Waals surface area (Å²) >= 11 is 1.85. The lowest BCUT2D eigenvalue weighted by molar-refractivity contribution is 0.188. The van der Waals surface area contributed by atoms with Gasteiger partial charge in [0.1, 0.15) is 0 Å². The summed E-state index contributed by atoms with van der Waals surface area (Å²) in [6, 6.07) is 9.24. The minimum absolute atomic E-state index is 0.554. The summed E-state index contributed by atoms with van der Waals surface area (Å²) < 4.78 is 6.54. The van der Waals surface area contributed by atoms with Crippen molar-refractivity contribution < 1.29 is 4.74 Å². The van der Waals surface area contributed by atoms with Gasteiger partial charge in [0.15, 0.2) is 0 Å². The number of benzene rings is 1. The molecule has 2 nitrogen and oxygen atoms in total. The molecule has 0 aliphatic rings. The van der Waals surface area contributed by atoms with Crippen LogP contribution < -0.4 is 5.32 Å². The highest BCUT2D eigenvalue weighted by molar-refractivity contribution is 7.17. The highest BCUT2D eigenvalue weighted by Gasteiger charge is 2.11. The molecule has 1 aromatic carbocycles. The van der Waals surface area contributed by atoms with E-state index in [1.54, 1.807) is 7.11 Å². The lowest BCUT2D eigenvalue weighted by Gasteiger charge is -2.17. The fourth-order valence-electron chi connectivity index (χ4n) is 2.50. The molecule has 2 rings (SSSR count). The van der Waals surface area contributed by atoms with Crippen LogP contribution in [0.4, 0.5) is 0 Å². The quantitative estimate of drug-likeness (QED) is 0.740. The van der Waals surface area contributed by atoms with Crippen LogP contribution in [0.1, 0.15) is 25.3 Å². The number of nitrogens with one attached hydrogen (secondary N) is 1. The number of ether oxygens (including phenoxy) is 1. The van der Waals surface area contributed by atoms with Crippen LogP contribution in [0.3, 0.4) is 0 Å². The Bertz CT molecular complexity index is 494. The van der Waals surface area contributed by atoms with E-state index in [-0.39, 0.29) is 0 Å². The standard InChI is InChI=1S/C16H23NOS/c1-3-17-14(7-6-10-18-2)11-13-12-19-16-9-5-4-8-15(13)16/h4-5,8-9,12,14,17H,3,6-7,10-11H2,1-2H3. The first kappa shape index (κ1) is 14.5. The largest absolute Gasteiger partial charge is 0.385 e. The van der Waals surface area contributed by atoms with Crippen molar-refractivity contribution in [1.82, 2.24) is 5.32 Å². The molecule has 0 fully saturated rings. The highest BCUT2D eigenvalue weighted by atomic mass is 32.1. The molecule has 2 aromatic rings.